The summed E-state index contributed by atoms with van der Waals surface area (Å²) in [7, 11) is 0. The number of aldehydes is 1. The summed E-state index contributed by atoms with van der Waals surface area (Å²) in [5, 5.41) is 4.05. The van der Waals surface area contributed by atoms with Crippen molar-refractivity contribution < 1.29 is 9.59 Å². The van der Waals surface area contributed by atoms with Crippen LogP contribution in [-0.4, -0.2) is 17.2 Å². The minimum Gasteiger partial charge on any atom is -0.320 e. The molecule has 3 aromatic rings. The van der Waals surface area contributed by atoms with E-state index in [-0.39, 0.29) is 15.6 Å². The van der Waals surface area contributed by atoms with Gasteiger partial charge in [-0.05, 0) is 24.3 Å². The molecule has 0 saturated heterocycles. The second-order valence-corrected chi connectivity index (χ2v) is 5.63. The summed E-state index contributed by atoms with van der Waals surface area (Å²) in [6, 6.07) is 11.9. The Hall–Kier alpha value is -2.43. The first-order chi connectivity index (χ1) is 11.1. The van der Waals surface area contributed by atoms with Crippen LogP contribution in [0.4, 0.5) is 5.69 Å². The van der Waals surface area contributed by atoms with Crippen molar-refractivity contribution in [2.75, 3.05) is 5.32 Å². The number of nitrogens with zero attached hydrogens (tertiary/aromatic N) is 1. The number of fused-ring (bicyclic) bond motifs is 1. The van der Waals surface area contributed by atoms with E-state index in [1.54, 1.807) is 36.4 Å². The number of amides is 1. The number of benzene rings is 2. The first-order valence-corrected chi connectivity index (χ1v) is 7.45. The van der Waals surface area contributed by atoms with Crippen molar-refractivity contribution in [1.82, 2.24) is 4.98 Å². The molecule has 0 aliphatic heterocycles. The molecule has 1 N–H and O–H groups in total. The summed E-state index contributed by atoms with van der Waals surface area (Å²) < 4.78 is 0. The van der Waals surface area contributed by atoms with Crippen LogP contribution in [0.5, 0.6) is 0 Å². The predicted molar refractivity (Wildman–Crippen MR) is 91.5 cm³/mol. The minimum atomic E-state index is -0.422. The molecule has 0 aliphatic carbocycles. The quantitative estimate of drug-likeness (QED) is 0.706. The van der Waals surface area contributed by atoms with E-state index >= 15 is 0 Å². The van der Waals surface area contributed by atoms with Crippen molar-refractivity contribution in [1.29, 1.82) is 0 Å². The summed E-state index contributed by atoms with van der Waals surface area (Å²) in [4.78, 5) is 27.5. The number of hydrogen-bond donors (Lipinski definition) is 1. The van der Waals surface area contributed by atoms with Gasteiger partial charge in [0.1, 0.15) is 0 Å². The van der Waals surface area contributed by atoms with Gasteiger partial charge in [-0.25, -0.2) is 0 Å². The molecular formula is C17H10Cl2N2O2. The molecule has 114 valence electrons. The summed E-state index contributed by atoms with van der Waals surface area (Å²) in [6.07, 6.45) is 2.18. The molecule has 0 unspecified atom stereocenters. The third kappa shape index (κ3) is 3.04. The number of halogens is 2. The van der Waals surface area contributed by atoms with Crippen LogP contribution < -0.4 is 5.32 Å². The Labute approximate surface area is 142 Å². The highest BCUT2D eigenvalue weighted by Gasteiger charge is 2.16. The lowest BCUT2D eigenvalue weighted by Gasteiger charge is -2.10. The van der Waals surface area contributed by atoms with E-state index in [9.17, 15) is 9.59 Å². The lowest BCUT2D eigenvalue weighted by molar-refractivity contribution is 0.102. The highest BCUT2D eigenvalue weighted by molar-refractivity contribution is 6.40. The third-order valence-electron chi connectivity index (χ3n) is 3.31. The van der Waals surface area contributed by atoms with Crippen molar-refractivity contribution in [3.63, 3.8) is 0 Å². The van der Waals surface area contributed by atoms with Crippen LogP contribution in [0.1, 0.15) is 20.7 Å². The van der Waals surface area contributed by atoms with Gasteiger partial charge in [0.25, 0.3) is 5.91 Å². The van der Waals surface area contributed by atoms with Crippen molar-refractivity contribution in [3.8, 4) is 0 Å². The van der Waals surface area contributed by atoms with Crippen molar-refractivity contribution >= 4 is 52.0 Å². The standard InChI is InChI=1S/C17H10Cl2N2O2/c18-12-4-2-5-13(19)15(12)17(23)21-14-6-1-3-11-7-10(9-22)8-20-16(11)14/h1-9H,(H,21,23). The minimum absolute atomic E-state index is 0.206. The Morgan fingerprint density at radius 1 is 1.09 bits per heavy atom. The fraction of sp³-hybridized carbons (Fsp3) is 0. The van der Waals surface area contributed by atoms with E-state index in [4.69, 9.17) is 23.2 Å². The molecule has 1 heterocycles. The van der Waals surface area contributed by atoms with Gasteiger partial charge >= 0.3 is 0 Å². The number of nitrogens with one attached hydrogen (secondary N) is 1. The van der Waals surface area contributed by atoms with E-state index in [0.717, 1.165) is 11.7 Å². The zero-order valence-corrected chi connectivity index (χ0v) is 13.2. The van der Waals surface area contributed by atoms with Crippen LogP contribution in [0, 0.1) is 0 Å². The van der Waals surface area contributed by atoms with Gasteiger partial charge in [0.05, 0.1) is 26.8 Å². The number of aromatic nitrogens is 1. The fourth-order valence-electron chi connectivity index (χ4n) is 2.24. The van der Waals surface area contributed by atoms with E-state index in [1.807, 2.05) is 6.07 Å². The molecule has 2 aromatic carbocycles. The van der Waals surface area contributed by atoms with Gasteiger partial charge in [-0.2, -0.15) is 0 Å². The number of carbonyl (C=O) groups is 2. The van der Waals surface area contributed by atoms with E-state index < -0.39 is 5.91 Å². The maximum absolute atomic E-state index is 12.5. The molecule has 0 saturated carbocycles. The normalized spacial score (nSPS) is 10.5. The summed E-state index contributed by atoms with van der Waals surface area (Å²) in [5.74, 6) is -0.422. The zero-order chi connectivity index (χ0) is 16.4. The number of pyridine rings is 1. The average Bonchev–Trinajstić information content (AvgIpc) is 2.54. The van der Waals surface area contributed by atoms with Crippen LogP contribution in [-0.2, 0) is 0 Å². The third-order valence-corrected chi connectivity index (χ3v) is 3.94. The van der Waals surface area contributed by atoms with Crippen molar-refractivity contribution in [3.05, 3.63) is 69.8 Å². The second kappa shape index (κ2) is 6.36. The largest absolute Gasteiger partial charge is 0.320 e. The van der Waals surface area contributed by atoms with Crippen LogP contribution >= 0.6 is 23.2 Å². The molecule has 0 aliphatic rings. The summed E-state index contributed by atoms with van der Waals surface area (Å²) in [5.41, 5.74) is 1.77. The molecule has 0 bridgehead atoms. The lowest BCUT2D eigenvalue weighted by Crippen LogP contribution is -2.13. The highest BCUT2D eigenvalue weighted by Crippen LogP contribution is 2.27. The van der Waals surface area contributed by atoms with Crippen LogP contribution in [0.2, 0.25) is 10.0 Å². The molecule has 3 rings (SSSR count). The molecule has 0 spiro atoms. The Morgan fingerprint density at radius 3 is 2.48 bits per heavy atom. The molecule has 4 nitrogen and oxygen atoms in total. The molecule has 0 fully saturated rings. The molecule has 6 heteroatoms. The smallest absolute Gasteiger partial charge is 0.258 e. The first kappa shape index (κ1) is 15.5. The SMILES string of the molecule is O=Cc1cnc2c(NC(=O)c3c(Cl)cccc3Cl)cccc2c1. The molecule has 1 aromatic heterocycles. The highest BCUT2D eigenvalue weighted by atomic mass is 35.5. The van der Waals surface area contributed by atoms with Gasteiger partial charge in [-0.15, -0.1) is 0 Å². The second-order valence-electron chi connectivity index (χ2n) is 4.81. The maximum atomic E-state index is 12.5. The van der Waals surface area contributed by atoms with Gasteiger partial charge in [0, 0.05) is 17.1 Å². The van der Waals surface area contributed by atoms with Crippen LogP contribution in [0.3, 0.4) is 0 Å². The van der Waals surface area contributed by atoms with Crippen molar-refractivity contribution in [2.45, 2.75) is 0 Å². The molecule has 23 heavy (non-hydrogen) atoms. The Kier molecular flexibility index (Phi) is 4.28. The Bertz CT molecular complexity index is 905. The van der Waals surface area contributed by atoms with Crippen LogP contribution in [0.15, 0.2) is 48.7 Å². The van der Waals surface area contributed by atoms with E-state index in [0.29, 0.717) is 16.8 Å². The first-order valence-electron chi connectivity index (χ1n) is 6.69. The van der Waals surface area contributed by atoms with Gasteiger partial charge in [-0.3, -0.25) is 14.6 Å². The molecule has 0 atom stereocenters. The molecule has 0 radical (unpaired) electrons. The lowest BCUT2D eigenvalue weighted by atomic mass is 10.1. The maximum Gasteiger partial charge on any atom is 0.258 e. The van der Waals surface area contributed by atoms with E-state index in [2.05, 4.69) is 10.3 Å². The van der Waals surface area contributed by atoms with Gasteiger partial charge in [0.2, 0.25) is 0 Å². The molecular weight excluding hydrogens is 335 g/mol. The zero-order valence-electron chi connectivity index (χ0n) is 11.7. The number of rotatable bonds is 3. The topological polar surface area (TPSA) is 59.1 Å². The Morgan fingerprint density at radius 2 is 1.78 bits per heavy atom. The van der Waals surface area contributed by atoms with E-state index in [1.165, 1.54) is 6.20 Å². The number of hydrogen-bond acceptors (Lipinski definition) is 3. The van der Waals surface area contributed by atoms with Crippen molar-refractivity contribution in [2.24, 2.45) is 0 Å². The number of carbonyl (C=O) groups excluding carboxylic acids is 2. The number of anilines is 1. The summed E-state index contributed by atoms with van der Waals surface area (Å²) in [6.45, 7) is 0. The monoisotopic (exact) mass is 344 g/mol. The van der Waals surface area contributed by atoms with Crippen LogP contribution in [0.25, 0.3) is 10.9 Å². The molecule has 1 amide bonds. The summed E-state index contributed by atoms with van der Waals surface area (Å²) >= 11 is 12.1. The van der Waals surface area contributed by atoms with Gasteiger partial charge in [-0.1, -0.05) is 41.4 Å². The number of para-hydroxylation sites is 1. The predicted octanol–water partition coefficient (Wildman–Crippen LogP) is 4.61. The Balaban J connectivity index is 2.01. The van der Waals surface area contributed by atoms with Gasteiger partial charge < -0.3 is 5.32 Å². The van der Waals surface area contributed by atoms with Gasteiger partial charge in [0.15, 0.2) is 6.29 Å². The fourth-order valence-corrected chi connectivity index (χ4v) is 2.81. The average molecular weight is 345 g/mol.